The predicted octanol–water partition coefficient (Wildman–Crippen LogP) is 4.83. The van der Waals surface area contributed by atoms with Crippen molar-refractivity contribution in [1.29, 1.82) is 0 Å². The molecule has 0 amide bonds. The number of rotatable bonds is 4. The van der Waals surface area contributed by atoms with Crippen molar-refractivity contribution in [2.45, 2.75) is 13.0 Å². The Kier molecular flexibility index (Phi) is 4.65. The Morgan fingerprint density at radius 1 is 1.10 bits per heavy atom. The van der Waals surface area contributed by atoms with E-state index in [9.17, 15) is 4.39 Å². The number of benzene rings is 2. The lowest BCUT2D eigenvalue weighted by molar-refractivity contribution is 0.627. The molecular formula is C16H18BrFN2. The van der Waals surface area contributed by atoms with Gasteiger partial charge >= 0.3 is 0 Å². The summed E-state index contributed by atoms with van der Waals surface area (Å²) in [5.74, 6) is -0.245. The Morgan fingerprint density at radius 2 is 1.75 bits per heavy atom. The average Bonchev–Trinajstić information content (AvgIpc) is 2.43. The van der Waals surface area contributed by atoms with Crippen molar-refractivity contribution in [3.05, 3.63) is 58.3 Å². The second kappa shape index (κ2) is 6.27. The summed E-state index contributed by atoms with van der Waals surface area (Å²) >= 11 is 3.36. The van der Waals surface area contributed by atoms with E-state index in [0.29, 0.717) is 5.69 Å². The molecule has 0 aliphatic carbocycles. The number of nitrogens with zero attached hydrogens (tertiary/aromatic N) is 1. The van der Waals surface area contributed by atoms with Crippen LogP contribution < -0.4 is 10.2 Å². The molecule has 0 radical (unpaired) electrons. The number of hydrogen-bond acceptors (Lipinski definition) is 2. The van der Waals surface area contributed by atoms with Gasteiger partial charge in [-0.2, -0.15) is 0 Å². The fraction of sp³-hybridized carbons (Fsp3) is 0.250. The Hall–Kier alpha value is -1.55. The Labute approximate surface area is 127 Å². The van der Waals surface area contributed by atoms with E-state index in [1.165, 1.54) is 6.07 Å². The van der Waals surface area contributed by atoms with Gasteiger partial charge in [0.2, 0.25) is 0 Å². The quantitative estimate of drug-likeness (QED) is 0.860. The first-order chi connectivity index (χ1) is 9.47. The van der Waals surface area contributed by atoms with E-state index in [4.69, 9.17) is 0 Å². The monoisotopic (exact) mass is 336 g/mol. The summed E-state index contributed by atoms with van der Waals surface area (Å²) < 4.78 is 14.6. The molecule has 0 fully saturated rings. The van der Waals surface area contributed by atoms with Gasteiger partial charge in [-0.15, -0.1) is 0 Å². The summed E-state index contributed by atoms with van der Waals surface area (Å²) in [4.78, 5) is 2.05. The molecule has 1 N–H and O–H groups in total. The van der Waals surface area contributed by atoms with Crippen molar-refractivity contribution in [2.75, 3.05) is 24.3 Å². The van der Waals surface area contributed by atoms with Crippen LogP contribution in [-0.4, -0.2) is 14.1 Å². The van der Waals surface area contributed by atoms with Gasteiger partial charge in [0.1, 0.15) is 5.82 Å². The molecule has 2 aromatic rings. The van der Waals surface area contributed by atoms with Crippen molar-refractivity contribution in [1.82, 2.24) is 0 Å². The summed E-state index contributed by atoms with van der Waals surface area (Å²) in [6, 6.07) is 13.2. The molecule has 2 aromatic carbocycles. The minimum absolute atomic E-state index is 0.0370. The average molecular weight is 337 g/mol. The third kappa shape index (κ3) is 3.51. The minimum Gasteiger partial charge on any atom is -0.378 e. The summed E-state index contributed by atoms with van der Waals surface area (Å²) in [6.07, 6.45) is 0. The Balaban J connectivity index is 2.15. The van der Waals surface area contributed by atoms with E-state index >= 15 is 0 Å². The van der Waals surface area contributed by atoms with Crippen LogP contribution in [-0.2, 0) is 0 Å². The molecule has 0 spiro atoms. The van der Waals surface area contributed by atoms with Crippen LogP contribution in [0.5, 0.6) is 0 Å². The molecule has 0 aliphatic rings. The lowest BCUT2D eigenvalue weighted by Gasteiger charge is -2.18. The molecule has 2 rings (SSSR count). The fourth-order valence-corrected chi connectivity index (χ4v) is 2.35. The zero-order valence-electron chi connectivity index (χ0n) is 11.8. The summed E-state index contributed by atoms with van der Waals surface area (Å²) in [5, 5.41) is 3.20. The van der Waals surface area contributed by atoms with Gasteiger partial charge in [0, 0.05) is 30.3 Å². The van der Waals surface area contributed by atoms with Gasteiger partial charge in [-0.1, -0.05) is 28.1 Å². The van der Waals surface area contributed by atoms with Gasteiger partial charge in [-0.25, -0.2) is 4.39 Å². The van der Waals surface area contributed by atoms with Gasteiger partial charge in [-0.05, 0) is 42.8 Å². The van der Waals surface area contributed by atoms with Gasteiger partial charge in [0.25, 0.3) is 0 Å². The molecular weight excluding hydrogens is 319 g/mol. The number of nitrogens with one attached hydrogen (secondary N) is 1. The number of hydrogen-bond donors (Lipinski definition) is 1. The first-order valence-electron chi connectivity index (χ1n) is 6.46. The van der Waals surface area contributed by atoms with Crippen LogP contribution in [0.3, 0.4) is 0 Å². The second-order valence-corrected chi connectivity index (χ2v) is 5.89. The molecule has 4 heteroatoms. The van der Waals surface area contributed by atoms with Crippen molar-refractivity contribution in [2.24, 2.45) is 0 Å². The van der Waals surface area contributed by atoms with Crippen LogP contribution in [0.15, 0.2) is 46.9 Å². The highest BCUT2D eigenvalue weighted by molar-refractivity contribution is 9.10. The van der Waals surface area contributed by atoms with Crippen LogP contribution in [0.4, 0.5) is 15.8 Å². The topological polar surface area (TPSA) is 15.3 Å². The summed E-state index contributed by atoms with van der Waals surface area (Å²) in [5.41, 5.74) is 2.77. The molecule has 2 nitrogen and oxygen atoms in total. The number of anilines is 2. The predicted molar refractivity (Wildman–Crippen MR) is 86.9 cm³/mol. The summed E-state index contributed by atoms with van der Waals surface area (Å²) in [6.45, 7) is 2.02. The van der Waals surface area contributed by atoms with Gasteiger partial charge < -0.3 is 10.2 Å². The van der Waals surface area contributed by atoms with Crippen LogP contribution in [0.2, 0.25) is 0 Å². The van der Waals surface area contributed by atoms with Crippen molar-refractivity contribution in [3.63, 3.8) is 0 Å². The van der Waals surface area contributed by atoms with Crippen molar-refractivity contribution >= 4 is 27.3 Å². The standard InChI is InChI=1S/C16H18BrFN2/c1-11(12-4-7-14(8-5-12)20(2)3)19-16-10-13(17)6-9-15(16)18/h4-11,19H,1-3H3. The van der Waals surface area contributed by atoms with Gasteiger partial charge in [0.15, 0.2) is 0 Å². The maximum absolute atomic E-state index is 13.7. The van der Waals surface area contributed by atoms with E-state index in [2.05, 4.69) is 50.4 Å². The van der Waals surface area contributed by atoms with Crippen LogP contribution in [0.1, 0.15) is 18.5 Å². The third-order valence-electron chi connectivity index (χ3n) is 3.21. The third-order valence-corrected chi connectivity index (χ3v) is 3.70. The van der Waals surface area contributed by atoms with E-state index < -0.39 is 0 Å². The maximum Gasteiger partial charge on any atom is 0.146 e. The summed E-state index contributed by atoms with van der Waals surface area (Å²) in [7, 11) is 4.01. The lowest BCUT2D eigenvalue weighted by atomic mass is 10.1. The Morgan fingerprint density at radius 3 is 2.35 bits per heavy atom. The zero-order valence-corrected chi connectivity index (χ0v) is 13.4. The van der Waals surface area contributed by atoms with Crippen molar-refractivity contribution < 1.29 is 4.39 Å². The highest BCUT2D eigenvalue weighted by atomic mass is 79.9. The Bertz CT molecular complexity index is 582. The molecule has 106 valence electrons. The van der Waals surface area contributed by atoms with Gasteiger partial charge in [0.05, 0.1) is 5.69 Å². The van der Waals surface area contributed by atoms with Crippen LogP contribution >= 0.6 is 15.9 Å². The molecule has 1 atom stereocenters. The molecule has 20 heavy (non-hydrogen) atoms. The van der Waals surface area contributed by atoms with E-state index in [1.807, 2.05) is 21.0 Å². The van der Waals surface area contributed by atoms with Crippen molar-refractivity contribution in [3.8, 4) is 0 Å². The second-order valence-electron chi connectivity index (χ2n) is 4.98. The molecule has 0 aromatic heterocycles. The largest absolute Gasteiger partial charge is 0.378 e. The molecule has 0 heterocycles. The molecule has 0 saturated carbocycles. The lowest BCUT2D eigenvalue weighted by Crippen LogP contribution is -2.10. The van der Waals surface area contributed by atoms with Gasteiger partial charge in [-0.3, -0.25) is 0 Å². The molecule has 0 bridgehead atoms. The molecule has 0 aliphatic heterocycles. The fourth-order valence-electron chi connectivity index (χ4n) is 1.99. The van der Waals surface area contributed by atoms with E-state index in [0.717, 1.165) is 15.7 Å². The van der Waals surface area contributed by atoms with Crippen LogP contribution in [0.25, 0.3) is 0 Å². The maximum atomic E-state index is 13.7. The highest BCUT2D eigenvalue weighted by Crippen LogP contribution is 2.25. The SMILES string of the molecule is CC(Nc1cc(Br)ccc1F)c1ccc(N(C)C)cc1. The first kappa shape index (κ1) is 14.9. The smallest absolute Gasteiger partial charge is 0.146 e. The first-order valence-corrected chi connectivity index (χ1v) is 7.25. The zero-order chi connectivity index (χ0) is 14.7. The van der Waals surface area contributed by atoms with E-state index in [1.54, 1.807) is 12.1 Å². The number of halogens is 2. The molecule has 1 unspecified atom stereocenters. The van der Waals surface area contributed by atoms with Crippen LogP contribution in [0, 0.1) is 5.82 Å². The molecule has 0 saturated heterocycles. The highest BCUT2D eigenvalue weighted by Gasteiger charge is 2.09. The normalized spacial score (nSPS) is 12.1. The van der Waals surface area contributed by atoms with E-state index in [-0.39, 0.29) is 11.9 Å². The minimum atomic E-state index is -0.245.